The van der Waals surface area contributed by atoms with E-state index in [1.165, 1.54) is 0 Å². The van der Waals surface area contributed by atoms with Gasteiger partial charge in [-0.05, 0) is 18.6 Å². The summed E-state index contributed by atoms with van der Waals surface area (Å²) >= 11 is 0. The van der Waals surface area contributed by atoms with Gasteiger partial charge in [0.2, 0.25) is 5.91 Å². The Bertz CT molecular complexity index is 500. The summed E-state index contributed by atoms with van der Waals surface area (Å²) in [6.07, 6.45) is 1.01. The third-order valence-corrected chi connectivity index (χ3v) is 2.59. The molecule has 1 aromatic carbocycles. The number of carboxylic acids is 1. The maximum Gasteiger partial charge on any atom is 0.320 e. The van der Waals surface area contributed by atoms with Gasteiger partial charge in [0.15, 0.2) is 0 Å². The molecule has 5 nitrogen and oxygen atoms in total. The molecule has 1 unspecified atom stereocenters. The highest BCUT2D eigenvalue weighted by atomic mass is 35.5. The molecule has 1 atom stereocenters. The summed E-state index contributed by atoms with van der Waals surface area (Å²) in [5.74, 6) is -3.14. The molecule has 1 rings (SSSR count). The van der Waals surface area contributed by atoms with E-state index in [4.69, 9.17) is 5.11 Å². The number of carbonyl (C=O) groups excluding carboxylic acids is 1. The Balaban J connectivity index is 0.00000400. The maximum absolute atomic E-state index is 13.3. The Labute approximate surface area is 127 Å². The zero-order valence-corrected chi connectivity index (χ0v) is 12.2. The minimum absolute atomic E-state index is 0. The second-order valence-corrected chi connectivity index (χ2v) is 4.23. The molecule has 0 bridgehead atoms. The first-order valence-corrected chi connectivity index (χ1v) is 6.15. The molecule has 0 aliphatic rings. The largest absolute Gasteiger partial charge is 0.480 e. The molecule has 0 aliphatic heterocycles. The number of nitrogens with one attached hydrogen (secondary N) is 2. The fraction of sp³-hybridized carbons (Fsp3) is 0.385. The zero-order valence-electron chi connectivity index (χ0n) is 11.4. The number of carboxylic acid groups (broad SMARTS) is 1. The van der Waals surface area contributed by atoms with Gasteiger partial charge in [-0.1, -0.05) is 13.3 Å². The molecule has 0 fully saturated rings. The lowest BCUT2D eigenvalue weighted by molar-refractivity contribution is -0.139. The molecule has 0 aliphatic carbocycles. The number of carbonyl (C=O) groups is 2. The van der Waals surface area contributed by atoms with Crippen LogP contribution in [-0.2, 0) is 9.59 Å². The molecule has 0 saturated carbocycles. The summed E-state index contributed by atoms with van der Waals surface area (Å²) in [6.45, 7) is 1.52. The Morgan fingerprint density at radius 3 is 2.57 bits per heavy atom. The summed E-state index contributed by atoms with van der Waals surface area (Å²) in [5, 5.41) is 13.6. The lowest BCUT2D eigenvalue weighted by atomic mass is 10.2. The van der Waals surface area contributed by atoms with Gasteiger partial charge in [-0.2, -0.15) is 0 Å². The van der Waals surface area contributed by atoms with Crippen LogP contribution in [-0.4, -0.2) is 29.6 Å². The lowest BCUT2D eigenvalue weighted by Crippen LogP contribution is -2.41. The van der Waals surface area contributed by atoms with Crippen molar-refractivity contribution in [3.05, 3.63) is 29.8 Å². The Hall–Kier alpha value is -1.73. The minimum Gasteiger partial charge on any atom is -0.480 e. The summed E-state index contributed by atoms with van der Waals surface area (Å²) in [4.78, 5) is 22.4. The zero-order chi connectivity index (χ0) is 15.1. The van der Waals surface area contributed by atoms with E-state index in [0.29, 0.717) is 12.8 Å². The van der Waals surface area contributed by atoms with Crippen LogP contribution in [0.4, 0.5) is 14.5 Å². The van der Waals surface area contributed by atoms with Crippen molar-refractivity contribution in [3.8, 4) is 0 Å². The quantitative estimate of drug-likeness (QED) is 0.719. The van der Waals surface area contributed by atoms with Crippen molar-refractivity contribution in [2.24, 2.45) is 0 Å². The number of hydrogen-bond donors (Lipinski definition) is 3. The third kappa shape index (κ3) is 6.50. The van der Waals surface area contributed by atoms with Crippen LogP contribution in [0.5, 0.6) is 0 Å². The number of benzene rings is 1. The molecule has 3 N–H and O–H groups in total. The van der Waals surface area contributed by atoms with Crippen molar-refractivity contribution >= 4 is 30.0 Å². The van der Waals surface area contributed by atoms with Crippen molar-refractivity contribution in [1.29, 1.82) is 0 Å². The highest BCUT2D eigenvalue weighted by molar-refractivity contribution is 5.92. The van der Waals surface area contributed by atoms with Gasteiger partial charge in [0, 0.05) is 6.07 Å². The maximum atomic E-state index is 13.3. The summed E-state index contributed by atoms with van der Waals surface area (Å²) < 4.78 is 26.2. The molecule has 8 heteroatoms. The van der Waals surface area contributed by atoms with Gasteiger partial charge in [-0.3, -0.25) is 14.9 Å². The molecule has 118 valence electrons. The van der Waals surface area contributed by atoms with Crippen LogP contribution in [0.15, 0.2) is 18.2 Å². The first-order chi connectivity index (χ1) is 9.43. The van der Waals surface area contributed by atoms with Crippen molar-refractivity contribution in [2.75, 3.05) is 11.9 Å². The molecule has 0 spiro atoms. The van der Waals surface area contributed by atoms with Crippen LogP contribution in [0.2, 0.25) is 0 Å². The van der Waals surface area contributed by atoms with Gasteiger partial charge in [-0.25, -0.2) is 8.78 Å². The van der Waals surface area contributed by atoms with E-state index in [1.54, 1.807) is 0 Å². The molecule has 1 amide bonds. The molecule has 1 aromatic rings. The second kappa shape index (κ2) is 9.25. The Morgan fingerprint density at radius 2 is 2.00 bits per heavy atom. The first kappa shape index (κ1) is 19.3. The summed E-state index contributed by atoms with van der Waals surface area (Å²) in [5.41, 5.74) is -0.279. The summed E-state index contributed by atoms with van der Waals surface area (Å²) in [6, 6.07) is 1.84. The second-order valence-electron chi connectivity index (χ2n) is 4.23. The van der Waals surface area contributed by atoms with Crippen molar-refractivity contribution < 1.29 is 23.5 Å². The van der Waals surface area contributed by atoms with E-state index in [1.807, 2.05) is 6.92 Å². The van der Waals surface area contributed by atoms with E-state index in [-0.39, 0.29) is 24.6 Å². The average molecular weight is 323 g/mol. The van der Waals surface area contributed by atoms with Gasteiger partial charge in [-0.15, -0.1) is 12.4 Å². The minimum atomic E-state index is -1.06. The highest BCUT2D eigenvalue weighted by Gasteiger charge is 2.17. The van der Waals surface area contributed by atoms with E-state index < -0.39 is 29.6 Å². The lowest BCUT2D eigenvalue weighted by Gasteiger charge is -2.13. The third-order valence-electron chi connectivity index (χ3n) is 2.59. The van der Waals surface area contributed by atoms with Crippen LogP contribution in [0.25, 0.3) is 0 Å². The predicted octanol–water partition coefficient (Wildman–Crippen LogP) is 2.17. The highest BCUT2D eigenvalue weighted by Crippen LogP contribution is 2.14. The number of aliphatic carboxylic acids is 1. The predicted molar refractivity (Wildman–Crippen MR) is 76.6 cm³/mol. The number of hydrogen-bond acceptors (Lipinski definition) is 3. The van der Waals surface area contributed by atoms with E-state index >= 15 is 0 Å². The number of anilines is 1. The first-order valence-electron chi connectivity index (χ1n) is 6.15. The SMILES string of the molecule is CCCC(NCC(=O)Nc1cc(F)ccc1F)C(=O)O.Cl. The van der Waals surface area contributed by atoms with Crippen molar-refractivity contribution in [3.63, 3.8) is 0 Å². The van der Waals surface area contributed by atoms with Crippen LogP contribution >= 0.6 is 12.4 Å². The Kier molecular flexibility index (Phi) is 8.49. The smallest absolute Gasteiger partial charge is 0.320 e. The topological polar surface area (TPSA) is 78.4 Å². The molecule has 21 heavy (non-hydrogen) atoms. The van der Waals surface area contributed by atoms with Gasteiger partial charge in [0.1, 0.15) is 17.7 Å². The van der Waals surface area contributed by atoms with Crippen LogP contribution in [0.3, 0.4) is 0 Å². The molecule has 0 saturated heterocycles. The number of rotatable bonds is 7. The van der Waals surface area contributed by atoms with E-state index in [9.17, 15) is 18.4 Å². The number of amides is 1. The monoisotopic (exact) mass is 322 g/mol. The molecule has 0 radical (unpaired) electrons. The average Bonchev–Trinajstić information content (AvgIpc) is 2.38. The van der Waals surface area contributed by atoms with Crippen LogP contribution in [0, 0.1) is 11.6 Å². The molecule has 0 heterocycles. The fourth-order valence-electron chi connectivity index (χ4n) is 1.61. The number of halogens is 3. The van der Waals surface area contributed by atoms with Gasteiger partial charge in [0.25, 0.3) is 0 Å². The molecular formula is C13H17ClF2N2O3. The standard InChI is InChI=1S/C13H16F2N2O3.ClH/c1-2-3-10(13(19)20)16-7-12(18)17-11-6-8(14)4-5-9(11)15;/h4-6,10,16H,2-3,7H2,1H3,(H,17,18)(H,19,20);1H. The van der Waals surface area contributed by atoms with Gasteiger partial charge in [0.05, 0.1) is 12.2 Å². The Morgan fingerprint density at radius 1 is 1.33 bits per heavy atom. The molecule has 0 aromatic heterocycles. The van der Waals surface area contributed by atoms with E-state index in [0.717, 1.165) is 18.2 Å². The van der Waals surface area contributed by atoms with Crippen molar-refractivity contribution in [1.82, 2.24) is 5.32 Å². The van der Waals surface area contributed by atoms with Crippen LogP contribution in [0.1, 0.15) is 19.8 Å². The van der Waals surface area contributed by atoms with Crippen LogP contribution < -0.4 is 10.6 Å². The summed E-state index contributed by atoms with van der Waals surface area (Å²) in [7, 11) is 0. The van der Waals surface area contributed by atoms with E-state index in [2.05, 4.69) is 10.6 Å². The molecular weight excluding hydrogens is 306 g/mol. The van der Waals surface area contributed by atoms with Gasteiger partial charge >= 0.3 is 5.97 Å². The van der Waals surface area contributed by atoms with Crippen molar-refractivity contribution in [2.45, 2.75) is 25.8 Å². The normalized spacial score (nSPS) is 11.4. The van der Waals surface area contributed by atoms with Gasteiger partial charge < -0.3 is 10.4 Å². The fourth-order valence-corrected chi connectivity index (χ4v) is 1.61.